The molecule has 1 amide bonds. The molecule has 0 saturated carbocycles. The first-order valence-corrected chi connectivity index (χ1v) is 8.94. The van der Waals surface area contributed by atoms with E-state index in [0.717, 1.165) is 5.56 Å². The lowest BCUT2D eigenvalue weighted by atomic mass is 10.2. The minimum Gasteiger partial charge on any atom is -0.479 e. The smallest absolute Gasteiger partial charge is 0.344 e. The van der Waals surface area contributed by atoms with Crippen molar-refractivity contribution in [3.8, 4) is 5.75 Å². The molecule has 2 heterocycles. The van der Waals surface area contributed by atoms with E-state index in [4.69, 9.17) is 26.5 Å². The number of hydrogen-bond donors (Lipinski definition) is 1. The van der Waals surface area contributed by atoms with E-state index in [0.29, 0.717) is 27.3 Å². The Hall–Kier alpha value is -2.58. The van der Waals surface area contributed by atoms with Gasteiger partial charge >= 0.3 is 5.97 Å². The zero-order valence-corrected chi connectivity index (χ0v) is 15.4. The predicted molar refractivity (Wildman–Crippen MR) is 102 cm³/mol. The molecular formula is C18H15NO5S2. The molecule has 0 radical (unpaired) electrons. The van der Waals surface area contributed by atoms with Crippen LogP contribution in [0.5, 0.6) is 5.75 Å². The van der Waals surface area contributed by atoms with Crippen LogP contribution in [0.3, 0.4) is 0 Å². The van der Waals surface area contributed by atoms with Crippen molar-refractivity contribution < 1.29 is 23.8 Å². The molecule has 1 aliphatic rings. The number of nitrogens with zero attached hydrogens (tertiary/aromatic N) is 1. The van der Waals surface area contributed by atoms with Crippen molar-refractivity contribution >= 4 is 46.3 Å². The van der Waals surface area contributed by atoms with Gasteiger partial charge in [-0.25, -0.2) is 4.79 Å². The number of hydrogen-bond acceptors (Lipinski definition) is 6. The Bertz CT molecular complexity index is 858. The summed E-state index contributed by atoms with van der Waals surface area (Å²) >= 11 is 6.52. The molecule has 1 saturated heterocycles. The largest absolute Gasteiger partial charge is 0.479 e. The predicted octanol–water partition coefficient (Wildman–Crippen LogP) is 3.53. The maximum atomic E-state index is 12.6. The van der Waals surface area contributed by atoms with Crippen molar-refractivity contribution in [1.29, 1.82) is 0 Å². The van der Waals surface area contributed by atoms with Gasteiger partial charge in [-0.05, 0) is 42.8 Å². The Morgan fingerprint density at radius 1 is 1.38 bits per heavy atom. The van der Waals surface area contributed by atoms with E-state index in [9.17, 15) is 9.59 Å². The van der Waals surface area contributed by atoms with Crippen molar-refractivity contribution in [2.24, 2.45) is 0 Å². The Balaban J connectivity index is 1.70. The van der Waals surface area contributed by atoms with E-state index in [2.05, 4.69) is 0 Å². The summed E-state index contributed by atoms with van der Waals surface area (Å²) in [5.41, 5.74) is 0.791. The summed E-state index contributed by atoms with van der Waals surface area (Å²) < 4.78 is 11.0. The molecule has 26 heavy (non-hydrogen) atoms. The third-order valence-electron chi connectivity index (χ3n) is 3.61. The highest BCUT2D eigenvalue weighted by atomic mass is 32.2. The van der Waals surface area contributed by atoms with E-state index < -0.39 is 12.1 Å². The fourth-order valence-electron chi connectivity index (χ4n) is 2.24. The molecule has 1 aromatic heterocycles. The van der Waals surface area contributed by atoms with E-state index >= 15 is 0 Å². The van der Waals surface area contributed by atoms with Crippen LogP contribution in [0.2, 0.25) is 0 Å². The van der Waals surface area contributed by atoms with Crippen LogP contribution in [0.4, 0.5) is 0 Å². The zero-order chi connectivity index (χ0) is 18.7. The molecule has 1 atom stereocenters. The number of carbonyl (C=O) groups is 2. The van der Waals surface area contributed by atoms with Gasteiger partial charge < -0.3 is 14.3 Å². The van der Waals surface area contributed by atoms with Crippen molar-refractivity contribution in [1.82, 2.24) is 4.90 Å². The summed E-state index contributed by atoms with van der Waals surface area (Å²) in [5, 5.41) is 8.86. The summed E-state index contributed by atoms with van der Waals surface area (Å²) in [6, 6.07) is 10.4. The molecule has 3 rings (SSSR count). The molecule has 1 aliphatic heterocycles. The van der Waals surface area contributed by atoms with Gasteiger partial charge in [0, 0.05) is 0 Å². The van der Waals surface area contributed by atoms with E-state index in [-0.39, 0.29) is 5.91 Å². The number of carboxylic acid groups (broad SMARTS) is 1. The van der Waals surface area contributed by atoms with E-state index in [1.54, 1.807) is 48.7 Å². The van der Waals surface area contributed by atoms with E-state index in [1.807, 2.05) is 0 Å². The summed E-state index contributed by atoms with van der Waals surface area (Å²) in [5.74, 6) is -0.0930. The average Bonchev–Trinajstić information content (AvgIpc) is 3.21. The Kier molecular flexibility index (Phi) is 5.43. The molecular weight excluding hydrogens is 374 g/mol. The number of amides is 1. The molecule has 8 heteroatoms. The number of thioether (sulfide) groups is 1. The van der Waals surface area contributed by atoms with Gasteiger partial charge in [0.2, 0.25) is 0 Å². The second-order valence-corrected chi connectivity index (χ2v) is 7.19. The maximum absolute atomic E-state index is 12.6. The molecule has 0 bridgehead atoms. The van der Waals surface area contributed by atoms with Crippen molar-refractivity contribution in [2.45, 2.75) is 19.6 Å². The minimum absolute atomic E-state index is 0.170. The monoisotopic (exact) mass is 389 g/mol. The number of ether oxygens (including phenoxy) is 1. The average molecular weight is 389 g/mol. The van der Waals surface area contributed by atoms with Gasteiger partial charge in [-0.2, -0.15) is 0 Å². The maximum Gasteiger partial charge on any atom is 0.344 e. The number of aliphatic carboxylic acids is 1. The molecule has 6 nitrogen and oxygen atoms in total. The summed E-state index contributed by atoms with van der Waals surface area (Å²) in [6.07, 6.45) is 2.36. The van der Waals surface area contributed by atoms with Gasteiger partial charge in [-0.15, -0.1) is 0 Å². The van der Waals surface area contributed by atoms with Crippen LogP contribution in [-0.2, 0) is 16.1 Å². The van der Waals surface area contributed by atoms with Gasteiger partial charge in [-0.3, -0.25) is 9.69 Å². The minimum atomic E-state index is -1.03. The standard InChI is InChI=1S/C18H15NO5S2/c1-11(17(21)22)24-13-6-4-12(5-7-13)9-15-16(20)19(18(25)26-15)10-14-3-2-8-23-14/h2-9,11H,10H2,1H3,(H,21,22)/b15-9+. The molecule has 0 aliphatic carbocycles. The molecule has 2 aromatic rings. The SMILES string of the molecule is CC(Oc1ccc(/C=C2/SC(=S)N(Cc3ccco3)C2=O)cc1)C(=O)O. The zero-order valence-electron chi connectivity index (χ0n) is 13.7. The second kappa shape index (κ2) is 7.76. The molecule has 1 fully saturated rings. The molecule has 0 spiro atoms. The van der Waals surface area contributed by atoms with Crippen LogP contribution in [0.15, 0.2) is 52.0 Å². The Morgan fingerprint density at radius 3 is 2.73 bits per heavy atom. The van der Waals surface area contributed by atoms with Crippen LogP contribution < -0.4 is 4.74 Å². The number of benzene rings is 1. The van der Waals surface area contributed by atoms with Gasteiger partial charge in [0.05, 0.1) is 17.7 Å². The highest BCUT2D eigenvalue weighted by Crippen LogP contribution is 2.33. The highest BCUT2D eigenvalue weighted by Gasteiger charge is 2.32. The quantitative estimate of drug-likeness (QED) is 0.598. The molecule has 134 valence electrons. The van der Waals surface area contributed by atoms with Gasteiger partial charge in [0.15, 0.2) is 6.10 Å². The first kappa shape index (κ1) is 18.2. The van der Waals surface area contributed by atoms with Crippen LogP contribution in [0.1, 0.15) is 18.2 Å². The lowest BCUT2D eigenvalue weighted by Crippen LogP contribution is -2.27. The molecule has 1 unspecified atom stereocenters. The summed E-state index contributed by atoms with van der Waals surface area (Å²) in [4.78, 5) is 25.4. The topological polar surface area (TPSA) is 80.0 Å². The normalized spacial score (nSPS) is 17.0. The van der Waals surface area contributed by atoms with Crippen molar-refractivity contribution in [3.63, 3.8) is 0 Å². The Labute approximate surface area is 159 Å². The van der Waals surface area contributed by atoms with Crippen LogP contribution in [0, 0.1) is 0 Å². The lowest BCUT2D eigenvalue weighted by Gasteiger charge is -2.12. The van der Waals surface area contributed by atoms with Crippen LogP contribution in [-0.4, -0.2) is 32.3 Å². The lowest BCUT2D eigenvalue weighted by molar-refractivity contribution is -0.144. The number of furan rings is 1. The van der Waals surface area contributed by atoms with E-state index in [1.165, 1.54) is 23.6 Å². The summed E-state index contributed by atoms with van der Waals surface area (Å²) in [7, 11) is 0. The first-order valence-electron chi connectivity index (χ1n) is 7.71. The third kappa shape index (κ3) is 4.14. The fourth-order valence-corrected chi connectivity index (χ4v) is 3.50. The molecule has 1 aromatic carbocycles. The van der Waals surface area contributed by atoms with Crippen molar-refractivity contribution in [3.05, 3.63) is 58.9 Å². The fraction of sp³-hybridized carbons (Fsp3) is 0.167. The van der Waals surface area contributed by atoms with Crippen LogP contribution in [0.25, 0.3) is 6.08 Å². The first-order chi connectivity index (χ1) is 12.4. The van der Waals surface area contributed by atoms with Gasteiger partial charge in [0.1, 0.15) is 15.8 Å². The third-order valence-corrected chi connectivity index (χ3v) is 4.98. The number of rotatable bonds is 6. The van der Waals surface area contributed by atoms with Gasteiger partial charge in [-0.1, -0.05) is 36.1 Å². The number of carboxylic acids is 1. The van der Waals surface area contributed by atoms with Gasteiger partial charge in [0.25, 0.3) is 5.91 Å². The second-order valence-electron chi connectivity index (χ2n) is 5.51. The van der Waals surface area contributed by atoms with Crippen molar-refractivity contribution in [2.75, 3.05) is 0 Å². The molecule has 1 N–H and O–H groups in total. The highest BCUT2D eigenvalue weighted by molar-refractivity contribution is 8.26. The number of thiocarbonyl (C=S) groups is 1. The Morgan fingerprint density at radius 2 is 2.12 bits per heavy atom. The van der Waals surface area contributed by atoms with Crippen LogP contribution >= 0.6 is 24.0 Å². The summed E-state index contributed by atoms with van der Waals surface area (Å²) in [6.45, 7) is 1.76. The number of carbonyl (C=O) groups excluding carboxylic acids is 1.